The Labute approximate surface area is 153 Å². The van der Waals surface area contributed by atoms with Gasteiger partial charge >= 0.3 is 34.9 Å². The van der Waals surface area contributed by atoms with Crippen LogP contribution in [0.5, 0.6) is 5.75 Å². The molecule has 2 aromatic carbocycles. The van der Waals surface area contributed by atoms with Gasteiger partial charge in [0.25, 0.3) is 0 Å². The molecule has 0 bridgehead atoms. The summed E-state index contributed by atoms with van der Waals surface area (Å²) in [5.41, 5.74) is 2.60. The van der Waals surface area contributed by atoms with Gasteiger partial charge in [0.1, 0.15) is 5.75 Å². The normalized spacial score (nSPS) is 11.0. The molecule has 2 aromatic rings. The first-order valence-electron chi connectivity index (χ1n) is 7.68. The molecule has 2 N–H and O–H groups in total. The van der Waals surface area contributed by atoms with E-state index in [1.165, 1.54) is 0 Å². The van der Waals surface area contributed by atoms with Gasteiger partial charge in [0.15, 0.2) is 0 Å². The van der Waals surface area contributed by atoms with Crippen LogP contribution in [0.1, 0.15) is 26.7 Å². The molecule has 0 spiro atoms. The van der Waals surface area contributed by atoms with Gasteiger partial charge in [-0.15, -0.1) is 0 Å². The fourth-order valence-corrected chi connectivity index (χ4v) is 2.27. The first-order chi connectivity index (χ1) is 11.5. The number of halogens is 1. The van der Waals surface area contributed by atoms with Crippen molar-refractivity contribution in [3.05, 3.63) is 48.5 Å². The van der Waals surface area contributed by atoms with E-state index >= 15 is 0 Å². The van der Waals surface area contributed by atoms with Crippen LogP contribution in [0.3, 0.4) is 0 Å². The van der Waals surface area contributed by atoms with Gasteiger partial charge in [0, 0.05) is 0 Å². The summed E-state index contributed by atoms with van der Waals surface area (Å²) in [6.07, 6.45) is 2.39. The molecule has 0 aliphatic rings. The predicted octanol–water partition coefficient (Wildman–Crippen LogP) is 3.20. The van der Waals surface area contributed by atoms with Crippen LogP contribution >= 0.6 is 0 Å². The van der Waals surface area contributed by atoms with E-state index in [1.54, 1.807) is 12.1 Å². The molecule has 7 heteroatoms. The summed E-state index contributed by atoms with van der Waals surface area (Å²) in [4.78, 5) is 0. The molecule has 0 saturated heterocycles. The SMILES string of the molecule is CCCC(C)Oc1ccc(-c2ccc(B(O)O)cc2)cc1.F[N]=[W]. The Morgan fingerprint density at radius 3 is 1.96 bits per heavy atom. The number of benzene rings is 2. The van der Waals surface area contributed by atoms with E-state index in [-0.39, 0.29) is 6.10 Å². The van der Waals surface area contributed by atoms with E-state index in [1.807, 2.05) is 36.4 Å². The van der Waals surface area contributed by atoms with E-state index < -0.39 is 7.12 Å². The second-order valence-electron chi connectivity index (χ2n) is 5.31. The Kier molecular flexibility index (Phi) is 9.69. The molecule has 0 radical (unpaired) electrons. The van der Waals surface area contributed by atoms with Gasteiger partial charge in [-0.3, -0.25) is 0 Å². The molecule has 1 atom stereocenters. The second kappa shape index (κ2) is 11.2. The van der Waals surface area contributed by atoms with Crippen LogP contribution in [0.25, 0.3) is 11.1 Å². The fourth-order valence-electron chi connectivity index (χ4n) is 2.27. The molecule has 0 aromatic heterocycles. The van der Waals surface area contributed by atoms with Crippen LogP contribution < -0.4 is 10.2 Å². The first-order valence-corrected chi connectivity index (χ1v) is 8.99. The summed E-state index contributed by atoms with van der Waals surface area (Å²) in [5.74, 6) is 0.877. The molecular weight excluding hydrogens is 480 g/mol. The average molecular weight is 501 g/mol. The van der Waals surface area contributed by atoms with Crippen molar-refractivity contribution < 1.29 is 38.9 Å². The van der Waals surface area contributed by atoms with Gasteiger partial charge in [0.05, 0.1) is 6.10 Å². The van der Waals surface area contributed by atoms with E-state index in [2.05, 4.69) is 17.6 Å². The monoisotopic (exact) mass is 501 g/mol. The molecule has 128 valence electrons. The zero-order valence-corrected chi connectivity index (χ0v) is 16.7. The molecule has 0 aliphatic carbocycles. The number of ether oxygens (including phenoxy) is 1. The zero-order chi connectivity index (χ0) is 17.9. The summed E-state index contributed by atoms with van der Waals surface area (Å²) >= 11 is 0.630. The predicted molar refractivity (Wildman–Crippen MR) is 90.2 cm³/mol. The molecule has 0 heterocycles. The van der Waals surface area contributed by atoms with Crippen molar-refractivity contribution >= 4 is 12.6 Å². The number of nitrogens with zero attached hydrogens (tertiary/aromatic N) is 1. The maximum atomic E-state index is 9.95. The Hall–Kier alpha value is -1.36. The van der Waals surface area contributed by atoms with Crippen molar-refractivity contribution in [3.63, 3.8) is 0 Å². The minimum atomic E-state index is -1.42. The van der Waals surface area contributed by atoms with E-state index in [9.17, 15) is 4.48 Å². The van der Waals surface area contributed by atoms with Crippen molar-refractivity contribution in [2.75, 3.05) is 0 Å². The Morgan fingerprint density at radius 1 is 1.08 bits per heavy atom. The van der Waals surface area contributed by atoms with Gasteiger partial charge in [-0.1, -0.05) is 49.7 Å². The summed E-state index contributed by atoms with van der Waals surface area (Å²) in [6, 6.07) is 15.2. The summed E-state index contributed by atoms with van der Waals surface area (Å²) < 4.78 is 17.9. The molecule has 2 rings (SSSR count). The third-order valence-electron chi connectivity index (χ3n) is 3.43. The molecular formula is C17H21BFNO3W. The summed E-state index contributed by atoms with van der Waals surface area (Å²) in [5, 5.41) is 18.2. The first kappa shape index (κ1) is 20.7. The number of hydrogen-bond acceptors (Lipinski definition) is 4. The maximum absolute atomic E-state index is 9.95. The minimum absolute atomic E-state index is 0.228. The van der Waals surface area contributed by atoms with E-state index in [0.29, 0.717) is 25.1 Å². The van der Waals surface area contributed by atoms with Crippen molar-refractivity contribution in [1.82, 2.24) is 0 Å². The van der Waals surface area contributed by atoms with Crippen LogP contribution in [-0.4, -0.2) is 23.3 Å². The van der Waals surface area contributed by atoms with Gasteiger partial charge in [-0.05, 0) is 42.1 Å². The molecule has 24 heavy (non-hydrogen) atoms. The van der Waals surface area contributed by atoms with Crippen LogP contribution in [0.4, 0.5) is 4.48 Å². The van der Waals surface area contributed by atoms with Crippen molar-refractivity contribution in [2.24, 2.45) is 3.72 Å². The Balaban J connectivity index is 0.000000891. The topological polar surface area (TPSA) is 62.0 Å². The third-order valence-corrected chi connectivity index (χ3v) is 3.43. The molecule has 0 amide bonds. The van der Waals surface area contributed by atoms with Crippen LogP contribution in [0.15, 0.2) is 52.2 Å². The molecule has 0 fully saturated rings. The Morgan fingerprint density at radius 2 is 1.54 bits per heavy atom. The van der Waals surface area contributed by atoms with Gasteiger partial charge in [0.2, 0.25) is 0 Å². The van der Waals surface area contributed by atoms with Gasteiger partial charge in [-0.25, -0.2) is 0 Å². The van der Waals surface area contributed by atoms with E-state index in [0.717, 1.165) is 29.7 Å². The standard InChI is InChI=1S/C17H21BO3.FN.W/c1-3-4-13(2)21-17-11-7-15(8-12-17)14-5-9-16(10-6-14)18(19)20;1-2;/h5-13,19-20H,3-4H2,1-2H3;;. The molecule has 0 aliphatic heterocycles. The molecule has 4 nitrogen and oxygen atoms in total. The van der Waals surface area contributed by atoms with E-state index in [4.69, 9.17) is 14.8 Å². The van der Waals surface area contributed by atoms with Crippen LogP contribution in [0, 0.1) is 0 Å². The quantitative estimate of drug-likeness (QED) is 0.599. The number of hydrogen-bond donors (Lipinski definition) is 2. The molecule has 1 unspecified atom stereocenters. The zero-order valence-electron chi connectivity index (χ0n) is 13.7. The van der Waals surface area contributed by atoms with Crippen LogP contribution in [-0.2, 0) is 19.6 Å². The summed E-state index contributed by atoms with van der Waals surface area (Å²) in [7, 11) is -1.42. The van der Waals surface area contributed by atoms with Crippen molar-refractivity contribution in [1.29, 1.82) is 0 Å². The molecule has 0 saturated carbocycles. The van der Waals surface area contributed by atoms with Crippen molar-refractivity contribution in [3.8, 4) is 16.9 Å². The number of rotatable bonds is 6. The third kappa shape index (κ3) is 7.04. The van der Waals surface area contributed by atoms with Crippen molar-refractivity contribution in [2.45, 2.75) is 32.8 Å². The average Bonchev–Trinajstić information content (AvgIpc) is 2.56. The van der Waals surface area contributed by atoms with Gasteiger partial charge < -0.3 is 14.8 Å². The Bertz CT molecular complexity index is 608. The summed E-state index contributed by atoms with van der Waals surface area (Å²) in [6.45, 7) is 4.23. The van der Waals surface area contributed by atoms with Crippen LogP contribution in [0.2, 0.25) is 0 Å². The fraction of sp³-hybridized carbons (Fsp3) is 0.294. The van der Waals surface area contributed by atoms with Gasteiger partial charge in [-0.2, -0.15) is 0 Å². The second-order valence-corrected chi connectivity index (χ2v) is 5.80.